The van der Waals surface area contributed by atoms with Crippen LogP contribution in [-0.4, -0.2) is 32.1 Å². The first kappa shape index (κ1) is 26.5. The normalized spacial score (nSPS) is 42.7. The number of hydrogen-bond acceptors (Lipinski definition) is 4. The molecule has 1 heterocycles. The second kappa shape index (κ2) is 10.9. The quantitative estimate of drug-likeness (QED) is 0.204. The Labute approximate surface area is 219 Å². The Morgan fingerprint density at radius 3 is 2.75 bits per heavy atom. The van der Waals surface area contributed by atoms with Gasteiger partial charge in [-0.1, -0.05) is 37.1 Å². The van der Waals surface area contributed by atoms with E-state index in [9.17, 15) is 4.79 Å². The molecule has 4 aliphatic carbocycles. The standard InChI is InChI=1S/C32H50O4/c1-22(9-5-6-10-29(33)34-4)26-14-15-27-25-13-12-23-21-24(36-30-11-7-8-20-35-30)16-18-31(23,2)28(25)17-19-32(26,27)3/h9,12,24-28,30H,5-8,10-11,13-21H2,1-4H3/b22-9+/t24?,25?,26-,27?,28?,30?,31?,32-/m1/s1. The third-order valence-corrected chi connectivity index (χ3v) is 11.4. The van der Waals surface area contributed by atoms with Gasteiger partial charge < -0.3 is 14.2 Å². The van der Waals surface area contributed by atoms with Crippen molar-refractivity contribution < 1.29 is 19.0 Å². The van der Waals surface area contributed by atoms with E-state index in [2.05, 4.69) is 32.9 Å². The highest BCUT2D eigenvalue weighted by atomic mass is 16.7. The van der Waals surface area contributed by atoms with Crippen LogP contribution in [0.5, 0.6) is 0 Å². The van der Waals surface area contributed by atoms with Crippen LogP contribution in [-0.2, 0) is 19.0 Å². The molecule has 1 saturated heterocycles. The van der Waals surface area contributed by atoms with Crippen molar-refractivity contribution in [1.29, 1.82) is 0 Å². The van der Waals surface area contributed by atoms with E-state index in [0.29, 0.717) is 29.3 Å². The molecule has 0 N–H and O–H groups in total. The van der Waals surface area contributed by atoms with Crippen LogP contribution in [0, 0.1) is 34.5 Å². The van der Waals surface area contributed by atoms with E-state index < -0.39 is 0 Å². The molecule has 0 radical (unpaired) electrons. The van der Waals surface area contributed by atoms with Crippen molar-refractivity contribution in [3.05, 3.63) is 23.3 Å². The number of hydrogen-bond donors (Lipinski definition) is 0. The Morgan fingerprint density at radius 1 is 1.11 bits per heavy atom. The highest BCUT2D eigenvalue weighted by Crippen LogP contribution is 2.67. The minimum Gasteiger partial charge on any atom is -0.469 e. The van der Waals surface area contributed by atoms with Crippen LogP contribution in [0.3, 0.4) is 0 Å². The molecule has 8 atom stereocenters. The molecule has 6 unspecified atom stereocenters. The molecule has 4 heteroatoms. The highest BCUT2D eigenvalue weighted by Gasteiger charge is 2.58. The van der Waals surface area contributed by atoms with Gasteiger partial charge in [0.2, 0.25) is 0 Å². The lowest BCUT2D eigenvalue weighted by molar-refractivity contribution is -0.195. The summed E-state index contributed by atoms with van der Waals surface area (Å²) < 4.78 is 17.2. The fourth-order valence-corrected chi connectivity index (χ4v) is 9.35. The summed E-state index contributed by atoms with van der Waals surface area (Å²) >= 11 is 0. The molecule has 0 aromatic rings. The van der Waals surface area contributed by atoms with Crippen LogP contribution in [0.1, 0.15) is 111 Å². The van der Waals surface area contributed by atoms with Gasteiger partial charge in [0.25, 0.3) is 0 Å². The van der Waals surface area contributed by atoms with E-state index in [0.717, 1.165) is 50.0 Å². The maximum absolute atomic E-state index is 11.5. The van der Waals surface area contributed by atoms with Gasteiger partial charge >= 0.3 is 5.97 Å². The number of carbonyl (C=O) groups excluding carboxylic acids is 1. The monoisotopic (exact) mass is 498 g/mol. The lowest BCUT2D eigenvalue weighted by Gasteiger charge is -2.58. The maximum Gasteiger partial charge on any atom is 0.305 e. The van der Waals surface area contributed by atoms with Crippen LogP contribution >= 0.6 is 0 Å². The van der Waals surface area contributed by atoms with E-state index >= 15 is 0 Å². The first-order valence-electron chi connectivity index (χ1n) is 15.0. The van der Waals surface area contributed by atoms with Crippen molar-refractivity contribution in [3.63, 3.8) is 0 Å². The fourth-order valence-electron chi connectivity index (χ4n) is 9.35. The lowest BCUT2D eigenvalue weighted by Crippen LogP contribution is -2.50. The predicted octanol–water partition coefficient (Wildman–Crippen LogP) is 7.77. The van der Waals surface area contributed by atoms with Crippen LogP contribution in [0.25, 0.3) is 0 Å². The molecule has 0 bridgehead atoms. The van der Waals surface area contributed by atoms with E-state index in [1.807, 2.05) is 0 Å². The number of fused-ring (bicyclic) bond motifs is 5. The third-order valence-electron chi connectivity index (χ3n) is 11.4. The van der Waals surface area contributed by atoms with Crippen LogP contribution < -0.4 is 0 Å². The van der Waals surface area contributed by atoms with Crippen molar-refractivity contribution in [2.75, 3.05) is 13.7 Å². The zero-order valence-corrected chi connectivity index (χ0v) is 23.4. The Balaban J connectivity index is 1.23. The van der Waals surface area contributed by atoms with E-state index in [4.69, 9.17) is 14.2 Å². The summed E-state index contributed by atoms with van der Waals surface area (Å²) in [5.41, 5.74) is 4.08. The Kier molecular flexibility index (Phi) is 8.04. The largest absolute Gasteiger partial charge is 0.469 e. The molecule has 202 valence electrons. The van der Waals surface area contributed by atoms with Gasteiger partial charge in [-0.2, -0.15) is 0 Å². The third kappa shape index (κ3) is 4.98. The number of rotatable bonds is 7. The summed E-state index contributed by atoms with van der Waals surface area (Å²) in [6.45, 7) is 8.45. The number of esters is 1. The van der Waals surface area contributed by atoms with Crippen molar-refractivity contribution in [1.82, 2.24) is 0 Å². The first-order valence-corrected chi connectivity index (χ1v) is 15.0. The zero-order valence-electron chi connectivity index (χ0n) is 23.4. The molecule has 4 fully saturated rings. The lowest BCUT2D eigenvalue weighted by atomic mass is 9.47. The molecule has 4 nitrogen and oxygen atoms in total. The number of methoxy groups -OCH3 is 1. The Hall–Kier alpha value is -1.13. The molecule has 0 aromatic carbocycles. The second-order valence-electron chi connectivity index (χ2n) is 13.1. The molecule has 0 spiro atoms. The fraction of sp³-hybridized carbons (Fsp3) is 0.844. The maximum atomic E-state index is 11.5. The smallest absolute Gasteiger partial charge is 0.305 e. The van der Waals surface area contributed by atoms with Crippen LogP contribution in [0.2, 0.25) is 0 Å². The number of ether oxygens (including phenoxy) is 3. The Bertz CT molecular complexity index is 854. The minimum atomic E-state index is -0.0894. The summed E-state index contributed by atoms with van der Waals surface area (Å²) in [6.07, 6.45) is 21.7. The average molecular weight is 499 g/mol. The number of carbonyl (C=O) groups is 1. The van der Waals surface area contributed by atoms with Crippen molar-refractivity contribution in [3.8, 4) is 0 Å². The molecule has 1 aliphatic heterocycles. The molecule has 36 heavy (non-hydrogen) atoms. The minimum absolute atomic E-state index is 0.0348. The first-order chi connectivity index (χ1) is 17.3. The summed E-state index contributed by atoms with van der Waals surface area (Å²) in [7, 11) is 1.48. The highest BCUT2D eigenvalue weighted by molar-refractivity contribution is 5.69. The van der Waals surface area contributed by atoms with Gasteiger partial charge in [0.1, 0.15) is 0 Å². The topological polar surface area (TPSA) is 44.8 Å². The predicted molar refractivity (Wildman–Crippen MR) is 143 cm³/mol. The molecule has 5 aliphatic rings. The van der Waals surface area contributed by atoms with Crippen LogP contribution in [0.15, 0.2) is 23.3 Å². The summed E-state index contributed by atoms with van der Waals surface area (Å²) in [6, 6.07) is 0. The van der Waals surface area contributed by atoms with E-state index in [-0.39, 0.29) is 12.3 Å². The van der Waals surface area contributed by atoms with E-state index in [1.165, 1.54) is 64.9 Å². The molecular weight excluding hydrogens is 448 g/mol. The van der Waals surface area contributed by atoms with Gasteiger partial charge in [-0.25, -0.2) is 0 Å². The van der Waals surface area contributed by atoms with Gasteiger partial charge in [-0.15, -0.1) is 0 Å². The van der Waals surface area contributed by atoms with Crippen molar-refractivity contribution >= 4 is 5.97 Å². The summed E-state index contributed by atoms with van der Waals surface area (Å²) in [5.74, 6) is 3.14. The molecule has 0 aromatic heterocycles. The van der Waals surface area contributed by atoms with E-state index in [1.54, 1.807) is 11.1 Å². The van der Waals surface area contributed by atoms with Gasteiger partial charge in [0.15, 0.2) is 6.29 Å². The average Bonchev–Trinajstić information content (AvgIpc) is 3.24. The number of allylic oxidation sites excluding steroid dienone is 3. The Morgan fingerprint density at radius 2 is 1.97 bits per heavy atom. The number of unbranched alkanes of at least 4 members (excludes halogenated alkanes) is 1. The van der Waals surface area contributed by atoms with Gasteiger partial charge in [-0.05, 0) is 125 Å². The van der Waals surface area contributed by atoms with Gasteiger partial charge in [-0.3, -0.25) is 4.79 Å². The van der Waals surface area contributed by atoms with Crippen LogP contribution in [0.4, 0.5) is 0 Å². The summed E-state index contributed by atoms with van der Waals surface area (Å²) in [5, 5.41) is 0. The van der Waals surface area contributed by atoms with Gasteiger partial charge in [0, 0.05) is 13.0 Å². The summed E-state index contributed by atoms with van der Waals surface area (Å²) in [4.78, 5) is 11.5. The van der Waals surface area contributed by atoms with Gasteiger partial charge in [0.05, 0.1) is 13.2 Å². The molecule has 0 amide bonds. The molecule has 3 saturated carbocycles. The van der Waals surface area contributed by atoms with Crippen molar-refractivity contribution in [2.24, 2.45) is 34.5 Å². The zero-order chi connectivity index (χ0) is 25.3. The second-order valence-corrected chi connectivity index (χ2v) is 13.1. The SMILES string of the molecule is COC(=O)CCC/C=C(\C)[C@H]1CCC2C3CC=C4CC(OC5CCCCO5)CCC4(C)C3CC[C@@]21C. The van der Waals surface area contributed by atoms with Crippen molar-refractivity contribution in [2.45, 2.75) is 123 Å². The molecule has 5 rings (SSSR count). The molecular formula is C32H50O4.